The smallest absolute Gasteiger partial charge is 0.277 e. The van der Waals surface area contributed by atoms with Crippen LogP contribution in [0.4, 0.5) is 0 Å². The van der Waals surface area contributed by atoms with Crippen molar-refractivity contribution in [2.75, 3.05) is 27.7 Å². The highest BCUT2D eigenvalue weighted by molar-refractivity contribution is 6.31. The third-order valence-corrected chi connectivity index (χ3v) is 3.37. The number of H-pyrrole nitrogens is 1. The van der Waals surface area contributed by atoms with Crippen molar-refractivity contribution in [3.63, 3.8) is 0 Å². The molecule has 0 spiro atoms. The van der Waals surface area contributed by atoms with Crippen LogP contribution in [-0.2, 0) is 11.3 Å². The van der Waals surface area contributed by atoms with E-state index in [2.05, 4.69) is 9.97 Å². The molecular formula is C14H18ClN4O2+. The number of aromatic nitrogens is 2. The van der Waals surface area contributed by atoms with Crippen molar-refractivity contribution in [3.05, 3.63) is 39.4 Å². The van der Waals surface area contributed by atoms with E-state index in [4.69, 9.17) is 11.6 Å². The van der Waals surface area contributed by atoms with E-state index in [0.29, 0.717) is 34.8 Å². The lowest BCUT2D eigenvalue weighted by Gasteiger charge is -2.16. The molecule has 0 bridgehead atoms. The molecule has 0 radical (unpaired) electrons. The third-order valence-electron chi connectivity index (χ3n) is 3.14. The van der Waals surface area contributed by atoms with Crippen LogP contribution in [0.5, 0.6) is 0 Å². The largest absolute Gasteiger partial charge is 0.344 e. The third kappa shape index (κ3) is 3.80. The summed E-state index contributed by atoms with van der Waals surface area (Å²) < 4.78 is 0. The van der Waals surface area contributed by atoms with Crippen molar-refractivity contribution in [2.45, 2.75) is 6.54 Å². The van der Waals surface area contributed by atoms with Gasteiger partial charge in [0.15, 0.2) is 12.4 Å². The Labute approximate surface area is 127 Å². The van der Waals surface area contributed by atoms with E-state index in [1.54, 1.807) is 37.2 Å². The first kappa shape index (κ1) is 15.5. The minimum atomic E-state index is -0.196. The van der Waals surface area contributed by atoms with E-state index in [9.17, 15) is 9.59 Å². The zero-order valence-corrected chi connectivity index (χ0v) is 13.0. The lowest BCUT2D eigenvalue weighted by Crippen LogP contribution is -3.09. The number of carbonyl (C=O) groups excluding carboxylic acids is 1. The summed E-state index contributed by atoms with van der Waals surface area (Å²) >= 11 is 5.93. The van der Waals surface area contributed by atoms with E-state index in [0.717, 1.165) is 4.90 Å². The van der Waals surface area contributed by atoms with Crippen molar-refractivity contribution in [1.29, 1.82) is 0 Å². The van der Waals surface area contributed by atoms with Gasteiger partial charge in [0, 0.05) is 19.1 Å². The van der Waals surface area contributed by atoms with Crippen LogP contribution in [0.1, 0.15) is 5.82 Å². The van der Waals surface area contributed by atoms with Crippen LogP contribution in [0.25, 0.3) is 10.9 Å². The lowest BCUT2D eigenvalue weighted by molar-refractivity contribution is -0.886. The molecule has 2 rings (SSSR count). The van der Waals surface area contributed by atoms with Crippen molar-refractivity contribution in [3.8, 4) is 0 Å². The first-order valence-electron chi connectivity index (χ1n) is 6.56. The second-order valence-corrected chi connectivity index (χ2v) is 5.71. The van der Waals surface area contributed by atoms with Gasteiger partial charge in [-0.25, -0.2) is 4.98 Å². The van der Waals surface area contributed by atoms with Crippen LogP contribution in [-0.4, -0.2) is 48.5 Å². The Hall–Kier alpha value is -1.92. The normalized spacial score (nSPS) is 12.4. The summed E-state index contributed by atoms with van der Waals surface area (Å²) in [5.74, 6) is 0.567. The van der Waals surface area contributed by atoms with Gasteiger partial charge in [-0.15, -0.1) is 0 Å². The summed E-state index contributed by atoms with van der Waals surface area (Å²) in [6.45, 7) is 0.793. The number of likely N-dealkylation sites (N-methyl/N-ethyl adjacent to an activating group) is 2. The summed E-state index contributed by atoms with van der Waals surface area (Å²) in [6.07, 6.45) is 0. The summed E-state index contributed by atoms with van der Waals surface area (Å²) in [7, 11) is 5.31. The minimum absolute atomic E-state index is 0.0266. The fraction of sp³-hybridized carbons (Fsp3) is 0.357. The Morgan fingerprint density at radius 1 is 1.43 bits per heavy atom. The zero-order valence-electron chi connectivity index (χ0n) is 12.2. The van der Waals surface area contributed by atoms with Crippen LogP contribution in [0, 0.1) is 0 Å². The molecular weight excluding hydrogens is 292 g/mol. The van der Waals surface area contributed by atoms with Crippen LogP contribution in [0.2, 0.25) is 5.02 Å². The Kier molecular flexibility index (Phi) is 4.59. The van der Waals surface area contributed by atoms with Crippen molar-refractivity contribution < 1.29 is 9.69 Å². The number of amides is 1. The maximum atomic E-state index is 12.0. The molecule has 112 valence electrons. The molecule has 1 aromatic heterocycles. The Morgan fingerprint density at radius 3 is 2.81 bits per heavy atom. The second kappa shape index (κ2) is 6.24. The van der Waals surface area contributed by atoms with Crippen LogP contribution < -0.4 is 10.5 Å². The number of nitrogens with zero attached hydrogens (tertiary/aromatic N) is 2. The molecule has 0 fully saturated rings. The zero-order chi connectivity index (χ0) is 15.6. The Morgan fingerprint density at radius 2 is 2.14 bits per heavy atom. The number of carbonyl (C=O) groups is 1. The van der Waals surface area contributed by atoms with Gasteiger partial charge in [0.25, 0.3) is 11.5 Å². The molecule has 0 aliphatic carbocycles. The number of hydrogen-bond acceptors (Lipinski definition) is 3. The molecule has 21 heavy (non-hydrogen) atoms. The van der Waals surface area contributed by atoms with E-state index >= 15 is 0 Å². The van der Waals surface area contributed by atoms with Gasteiger partial charge in [0.2, 0.25) is 0 Å². The van der Waals surface area contributed by atoms with Gasteiger partial charge in [-0.1, -0.05) is 11.6 Å². The van der Waals surface area contributed by atoms with Gasteiger partial charge >= 0.3 is 0 Å². The van der Waals surface area contributed by atoms with Gasteiger partial charge in [-0.3, -0.25) is 9.59 Å². The maximum Gasteiger partial charge on any atom is 0.277 e. The molecule has 6 nitrogen and oxygen atoms in total. The molecule has 1 atom stereocenters. The van der Waals surface area contributed by atoms with Crippen LogP contribution in [0.3, 0.4) is 0 Å². The fourth-order valence-electron chi connectivity index (χ4n) is 2.01. The monoisotopic (exact) mass is 309 g/mol. The molecule has 0 aliphatic rings. The van der Waals surface area contributed by atoms with Gasteiger partial charge < -0.3 is 14.8 Å². The average molecular weight is 310 g/mol. The van der Waals surface area contributed by atoms with E-state index < -0.39 is 0 Å². The molecule has 0 saturated carbocycles. The van der Waals surface area contributed by atoms with Crippen molar-refractivity contribution >= 4 is 28.4 Å². The topological polar surface area (TPSA) is 70.5 Å². The lowest BCUT2D eigenvalue weighted by atomic mass is 10.2. The number of fused-ring (bicyclic) bond motifs is 1. The molecule has 7 heteroatoms. The first-order valence-corrected chi connectivity index (χ1v) is 6.94. The molecule has 1 heterocycles. The highest BCUT2D eigenvalue weighted by atomic mass is 35.5. The number of hydrogen-bond donors (Lipinski definition) is 2. The molecule has 0 saturated heterocycles. The highest BCUT2D eigenvalue weighted by Crippen LogP contribution is 2.14. The van der Waals surface area contributed by atoms with E-state index in [-0.39, 0.29) is 11.5 Å². The van der Waals surface area contributed by atoms with Crippen LogP contribution in [0.15, 0.2) is 23.0 Å². The quantitative estimate of drug-likeness (QED) is 0.813. The summed E-state index contributed by atoms with van der Waals surface area (Å²) in [5, 5.41) is 1.04. The van der Waals surface area contributed by atoms with Gasteiger partial charge in [0.05, 0.1) is 18.0 Å². The van der Waals surface area contributed by atoms with Gasteiger partial charge in [0.1, 0.15) is 6.54 Å². The highest BCUT2D eigenvalue weighted by Gasteiger charge is 2.14. The number of quaternary nitrogens is 1. The standard InChI is InChI=1S/C14H17ClN4O2/c1-18(2)13(20)8-19(3)7-12-16-11-6-9(15)4-5-10(11)14(21)17-12/h4-6H,7-8H2,1-3H3,(H,16,17,21)/p+1. The van der Waals surface area contributed by atoms with Crippen molar-refractivity contribution in [1.82, 2.24) is 14.9 Å². The SMILES string of the molecule is CN(C)C(=O)C[NH+](C)Cc1nc2cc(Cl)ccc2c(=O)[nH]1. The number of rotatable bonds is 4. The number of halogens is 1. The minimum Gasteiger partial charge on any atom is -0.344 e. The number of nitrogens with one attached hydrogen (secondary N) is 2. The van der Waals surface area contributed by atoms with E-state index in [1.165, 1.54) is 0 Å². The Balaban J connectivity index is 2.23. The van der Waals surface area contributed by atoms with Gasteiger partial charge in [-0.05, 0) is 18.2 Å². The van der Waals surface area contributed by atoms with E-state index in [1.807, 2.05) is 7.05 Å². The summed E-state index contributed by atoms with van der Waals surface area (Å²) in [4.78, 5) is 33.3. The number of aromatic amines is 1. The fourth-order valence-corrected chi connectivity index (χ4v) is 2.18. The molecule has 2 N–H and O–H groups in total. The summed E-state index contributed by atoms with van der Waals surface area (Å²) in [5.41, 5.74) is 0.367. The van der Waals surface area contributed by atoms with Crippen molar-refractivity contribution in [2.24, 2.45) is 0 Å². The number of benzene rings is 1. The summed E-state index contributed by atoms with van der Waals surface area (Å²) in [6, 6.07) is 4.98. The molecule has 1 aromatic carbocycles. The molecule has 1 unspecified atom stereocenters. The molecule has 2 aromatic rings. The molecule has 0 aliphatic heterocycles. The second-order valence-electron chi connectivity index (χ2n) is 5.27. The predicted molar refractivity (Wildman–Crippen MR) is 81.5 cm³/mol. The Bertz CT molecular complexity index is 726. The van der Waals surface area contributed by atoms with Crippen LogP contribution >= 0.6 is 11.6 Å². The molecule has 1 amide bonds. The maximum absolute atomic E-state index is 12.0. The predicted octanol–water partition coefficient (Wildman–Crippen LogP) is -0.321. The average Bonchev–Trinajstić information content (AvgIpc) is 2.37. The first-order chi connectivity index (χ1) is 9.86. The van der Waals surface area contributed by atoms with Gasteiger partial charge in [-0.2, -0.15) is 0 Å².